The third-order valence-electron chi connectivity index (χ3n) is 3.04. The number of rotatable bonds is 6. The monoisotopic (exact) mass is 357 g/mol. The van der Waals surface area contributed by atoms with Gasteiger partial charge >= 0.3 is 0 Å². The fraction of sp³-hybridized carbons (Fsp3) is 0.286. The van der Waals surface area contributed by atoms with E-state index in [1.54, 1.807) is 0 Å². The molecule has 0 unspecified atom stereocenters. The molecular formula is C14H16FN3O3S2. The fourth-order valence-electron chi connectivity index (χ4n) is 1.70. The van der Waals surface area contributed by atoms with Crippen LogP contribution in [0.4, 0.5) is 9.52 Å². The second-order valence-electron chi connectivity index (χ2n) is 4.81. The van der Waals surface area contributed by atoms with Crippen LogP contribution < -0.4 is 10.0 Å². The number of aryl methyl sites for hydroxylation is 2. The molecule has 1 aromatic heterocycles. The van der Waals surface area contributed by atoms with Gasteiger partial charge in [0.2, 0.25) is 15.9 Å². The van der Waals surface area contributed by atoms with E-state index in [2.05, 4.69) is 15.0 Å². The molecule has 0 aliphatic heterocycles. The number of sulfonamides is 1. The van der Waals surface area contributed by atoms with Gasteiger partial charge < -0.3 is 5.32 Å². The summed E-state index contributed by atoms with van der Waals surface area (Å²) in [6, 6.07) is 4.46. The van der Waals surface area contributed by atoms with E-state index in [0.717, 1.165) is 22.7 Å². The van der Waals surface area contributed by atoms with Crippen molar-refractivity contribution < 1.29 is 17.6 Å². The van der Waals surface area contributed by atoms with Crippen molar-refractivity contribution in [2.45, 2.75) is 25.2 Å². The first kappa shape index (κ1) is 17.5. The third kappa shape index (κ3) is 4.81. The number of carbonyl (C=O) groups is 1. The van der Waals surface area contributed by atoms with Gasteiger partial charge in [0.25, 0.3) is 0 Å². The van der Waals surface area contributed by atoms with Crippen LogP contribution in [0.3, 0.4) is 0 Å². The molecule has 0 saturated carbocycles. The normalized spacial score (nSPS) is 11.4. The summed E-state index contributed by atoms with van der Waals surface area (Å²) < 4.78 is 39.0. The molecule has 0 fully saturated rings. The highest BCUT2D eigenvalue weighted by molar-refractivity contribution is 7.89. The minimum Gasteiger partial charge on any atom is -0.302 e. The zero-order chi connectivity index (χ0) is 17.0. The predicted octanol–water partition coefficient (Wildman–Crippen LogP) is 2.21. The quantitative estimate of drug-likeness (QED) is 0.830. The highest BCUT2D eigenvalue weighted by Crippen LogP contribution is 2.21. The first-order chi connectivity index (χ1) is 10.8. The average molecular weight is 357 g/mol. The lowest BCUT2D eigenvalue weighted by atomic mass is 10.4. The zero-order valence-corrected chi connectivity index (χ0v) is 14.2. The van der Waals surface area contributed by atoms with Gasteiger partial charge in [-0.25, -0.2) is 22.5 Å². The SMILES string of the molecule is Cc1nc(NC(=O)CCNS(=O)(=O)c2ccc(F)cc2)sc1C. The Labute approximate surface area is 137 Å². The highest BCUT2D eigenvalue weighted by atomic mass is 32.2. The number of amides is 1. The Morgan fingerprint density at radius 3 is 2.48 bits per heavy atom. The number of aromatic nitrogens is 1. The van der Waals surface area contributed by atoms with Crippen molar-refractivity contribution in [3.8, 4) is 0 Å². The molecule has 2 N–H and O–H groups in total. The molecule has 2 aromatic rings. The van der Waals surface area contributed by atoms with Crippen molar-refractivity contribution in [3.63, 3.8) is 0 Å². The molecule has 1 heterocycles. The molecule has 23 heavy (non-hydrogen) atoms. The first-order valence-electron chi connectivity index (χ1n) is 6.77. The summed E-state index contributed by atoms with van der Waals surface area (Å²) in [7, 11) is -3.76. The molecule has 0 saturated heterocycles. The van der Waals surface area contributed by atoms with Crippen LogP contribution >= 0.6 is 11.3 Å². The molecule has 0 aliphatic carbocycles. The Morgan fingerprint density at radius 1 is 1.26 bits per heavy atom. The number of hydrogen-bond acceptors (Lipinski definition) is 5. The molecule has 0 atom stereocenters. The van der Waals surface area contributed by atoms with Gasteiger partial charge in [-0.2, -0.15) is 0 Å². The van der Waals surface area contributed by atoms with Gasteiger partial charge in [0.1, 0.15) is 5.82 Å². The lowest BCUT2D eigenvalue weighted by molar-refractivity contribution is -0.116. The maximum absolute atomic E-state index is 12.8. The third-order valence-corrected chi connectivity index (χ3v) is 5.51. The Morgan fingerprint density at radius 2 is 1.91 bits per heavy atom. The standard InChI is InChI=1S/C14H16FN3O3S2/c1-9-10(2)22-14(17-9)18-13(19)7-8-16-23(20,21)12-5-3-11(15)4-6-12/h3-6,16H,7-8H2,1-2H3,(H,17,18,19). The number of benzene rings is 1. The zero-order valence-electron chi connectivity index (χ0n) is 12.6. The molecule has 6 nitrogen and oxygen atoms in total. The van der Waals surface area contributed by atoms with Crippen LogP contribution in [0.5, 0.6) is 0 Å². The summed E-state index contributed by atoms with van der Waals surface area (Å²) in [5.74, 6) is -0.849. The van der Waals surface area contributed by atoms with Gasteiger partial charge in [0.15, 0.2) is 5.13 Å². The molecule has 0 aliphatic rings. The lowest BCUT2D eigenvalue weighted by Crippen LogP contribution is -2.27. The van der Waals surface area contributed by atoms with Gasteiger partial charge in [0, 0.05) is 17.8 Å². The molecule has 0 radical (unpaired) electrons. The van der Waals surface area contributed by atoms with E-state index in [1.807, 2.05) is 13.8 Å². The van der Waals surface area contributed by atoms with Gasteiger partial charge in [0.05, 0.1) is 10.6 Å². The molecule has 0 spiro atoms. The Balaban J connectivity index is 1.86. The summed E-state index contributed by atoms with van der Waals surface area (Å²) in [5, 5.41) is 3.11. The van der Waals surface area contributed by atoms with Crippen LogP contribution in [-0.2, 0) is 14.8 Å². The minimum atomic E-state index is -3.76. The smallest absolute Gasteiger partial charge is 0.240 e. The van der Waals surface area contributed by atoms with Crippen molar-refractivity contribution in [2.24, 2.45) is 0 Å². The summed E-state index contributed by atoms with van der Waals surface area (Å²) in [5.41, 5.74) is 0.849. The van der Waals surface area contributed by atoms with E-state index in [-0.39, 0.29) is 23.8 Å². The van der Waals surface area contributed by atoms with E-state index in [4.69, 9.17) is 0 Å². The number of anilines is 1. The van der Waals surface area contributed by atoms with Crippen molar-refractivity contribution in [2.75, 3.05) is 11.9 Å². The van der Waals surface area contributed by atoms with Crippen LogP contribution in [0.1, 0.15) is 17.0 Å². The van der Waals surface area contributed by atoms with Gasteiger partial charge in [-0.3, -0.25) is 4.79 Å². The van der Waals surface area contributed by atoms with Crippen LogP contribution in [0.15, 0.2) is 29.2 Å². The van der Waals surface area contributed by atoms with Gasteiger partial charge in [-0.05, 0) is 38.1 Å². The molecular weight excluding hydrogens is 341 g/mol. The van der Waals surface area contributed by atoms with Crippen molar-refractivity contribution in [1.29, 1.82) is 0 Å². The minimum absolute atomic E-state index is 0.0297. The maximum atomic E-state index is 12.8. The number of nitrogens with one attached hydrogen (secondary N) is 2. The average Bonchev–Trinajstić information content (AvgIpc) is 2.77. The number of hydrogen-bond donors (Lipinski definition) is 2. The second-order valence-corrected chi connectivity index (χ2v) is 7.78. The predicted molar refractivity (Wildman–Crippen MR) is 86.4 cm³/mol. The Bertz CT molecular complexity index is 782. The van der Waals surface area contributed by atoms with Crippen molar-refractivity contribution in [3.05, 3.63) is 40.7 Å². The summed E-state index contributed by atoms with van der Waals surface area (Å²) in [4.78, 5) is 16.9. The van der Waals surface area contributed by atoms with E-state index in [0.29, 0.717) is 5.13 Å². The van der Waals surface area contributed by atoms with Crippen LogP contribution in [0.25, 0.3) is 0 Å². The molecule has 9 heteroatoms. The Hall–Kier alpha value is -1.84. The van der Waals surface area contributed by atoms with E-state index < -0.39 is 15.8 Å². The fourth-order valence-corrected chi connectivity index (χ4v) is 3.57. The van der Waals surface area contributed by atoms with E-state index >= 15 is 0 Å². The van der Waals surface area contributed by atoms with Crippen molar-refractivity contribution >= 4 is 32.4 Å². The van der Waals surface area contributed by atoms with Crippen LogP contribution in [-0.4, -0.2) is 25.9 Å². The molecule has 124 valence electrons. The lowest BCUT2D eigenvalue weighted by Gasteiger charge is -2.06. The topological polar surface area (TPSA) is 88.2 Å². The Kier molecular flexibility index (Phi) is 5.45. The van der Waals surface area contributed by atoms with Crippen LogP contribution in [0, 0.1) is 19.7 Å². The number of halogens is 1. The van der Waals surface area contributed by atoms with Gasteiger partial charge in [-0.15, -0.1) is 11.3 Å². The second kappa shape index (κ2) is 7.16. The summed E-state index contributed by atoms with van der Waals surface area (Å²) in [6.07, 6.45) is -0.0297. The van der Waals surface area contributed by atoms with E-state index in [9.17, 15) is 17.6 Å². The first-order valence-corrected chi connectivity index (χ1v) is 9.07. The molecule has 1 aromatic carbocycles. The highest BCUT2D eigenvalue weighted by Gasteiger charge is 2.14. The van der Waals surface area contributed by atoms with E-state index in [1.165, 1.54) is 23.5 Å². The van der Waals surface area contributed by atoms with Crippen LogP contribution in [0.2, 0.25) is 0 Å². The summed E-state index contributed by atoms with van der Waals surface area (Å²) in [6.45, 7) is 3.69. The molecule has 2 rings (SSSR count). The summed E-state index contributed by atoms with van der Waals surface area (Å²) >= 11 is 1.36. The van der Waals surface area contributed by atoms with Gasteiger partial charge in [-0.1, -0.05) is 0 Å². The van der Waals surface area contributed by atoms with Crippen molar-refractivity contribution in [1.82, 2.24) is 9.71 Å². The number of thiazole rings is 1. The maximum Gasteiger partial charge on any atom is 0.240 e. The number of nitrogens with zero attached hydrogens (tertiary/aromatic N) is 1. The number of carbonyl (C=O) groups excluding carboxylic acids is 1. The largest absolute Gasteiger partial charge is 0.302 e. The molecule has 0 bridgehead atoms. The molecule has 1 amide bonds.